The summed E-state index contributed by atoms with van der Waals surface area (Å²) in [5.41, 5.74) is -0.492. The van der Waals surface area contributed by atoms with Crippen LogP contribution in [0.25, 0.3) is 0 Å². The third kappa shape index (κ3) is 1.84. The molecule has 1 aliphatic rings. The predicted octanol–water partition coefficient (Wildman–Crippen LogP) is 2.28. The molecule has 0 aromatic heterocycles. The second-order valence-corrected chi connectivity index (χ2v) is 4.46. The Morgan fingerprint density at radius 3 is 2.65 bits per heavy atom. The lowest BCUT2D eigenvalue weighted by atomic mass is 9.88. The first kappa shape index (κ1) is 12.1. The number of phenols is 1. The van der Waals surface area contributed by atoms with Crippen LogP contribution in [0.4, 0.5) is 8.78 Å². The van der Waals surface area contributed by atoms with Gasteiger partial charge in [-0.15, -0.1) is 0 Å². The molecule has 94 valence electrons. The van der Waals surface area contributed by atoms with Crippen molar-refractivity contribution in [3.63, 3.8) is 0 Å². The third-order valence-corrected chi connectivity index (χ3v) is 3.29. The maximum absolute atomic E-state index is 13.6. The molecule has 1 aromatic rings. The van der Waals surface area contributed by atoms with Crippen molar-refractivity contribution in [2.45, 2.75) is 25.3 Å². The van der Waals surface area contributed by atoms with E-state index >= 15 is 0 Å². The van der Waals surface area contributed by atoms with E-state index in [1.165, 1.54) is 7.11 Å². The van der Waals surface area contributed by atoms with E-state index in [-0.39, 0.29) is 11.3 Å². The zero-order valence-corrected chi connectivity index (χ0v) is 9.81. The highest BCUT2D eigenvalue weighted by atomic mass is 19.1. The number of rotatable bonds is 2. The summed E-state index contributed by atoms with van der Waals surface area (Å²) in [6.07, 6.45) is 1.58. The largest absolute Gasteiger partial charge is 0.504 e. The molecule has 0 spiro atoms. The van der Waals surface area contributed by atoms with Crippen LogP contribution in [0.3, 0.4) is 0 Å². The van der Waals surface area contributed by atoms with Crippen LogP contribution < -0.4 is 10.1 Å². The van der Waals surface area contributed by atoms with Crippen LogP contribution in [0.2, 0.25) is 0 Å². The minimum absolute atomic E-state index is 0.0965. The minimum atomic E-state index is -0.965. The maximum atomic E-state index is 13.6. The molecule has 0 saturated carbocycles. The molecule has 3 nitrogen and oxygen atoms in total. The summed E-state index contributed by atoms with van der Waals surface area (Å²) in [6.45, 7) is 2.55. The van der Waals surface area contributed by atoms with E-state index in [0.29, 0.717) is 12.5 Å². The molecule has 1 unspecified atom stereocenters. The van der Waals surface area contributed by atoms with Gasteiger partial charge in [0.15, 0.2) is 23.1 Å². The molecule has 1 heterocycles. The fourth-order valence-electron chi connectivity index (χ4n) is 2.41. The molecule has 1 saturated heterocycles. The van der Waals surface area contributed by atoms with E-state index in [0.717, 1.165) is 13.0 Å². The van der Waals surface area contributed by atoms with E-state index in [2.05, 4.69) is 5.32 Å². The van der Waals surface area contributed by atoms with Crippen LogP contribution in [0.5, 0.6) is 11.5 Å². The molecular formula is C12H15F2NO2. The second kappa shape index (κ2) is 4.14. The lowest BCUT2D eigenvalue weighted by Gasteiger charge is -2.28. The molecule has 0 aliphatic carbocycles. The third-order valence-electron chi connectivity index (χ3n) is 3.29. The van der Waals surface area contributed by atoms with Crippen molar-refractivity contribution in [3.05, 3.63) is 23.3 Å². The Morgan fingerprint density at radius 1 is 1.41 bits per heavy atom. The molecule has 1 aliphatic heterocycles. The Kier molecular flexibility index (Phi) is 2.95. The number of aromatic hydroxyl groups is 1. The molecule has 2 N–H and O–H groups in total. The number of ether oxygens (including phenoxy) is 1. The van der Waals surface area contributed by atoms with Crippen molar-refractivity contribution in [2.24, 2.45) is 0 Å². The molecule has 5 heteroatoms. The monoisotopic (exact) mass is 243 g/mol. The molecule has 1 aromatic carbocycles. The maximum Gasteiger partial charge on any atom is 0.168 e. The molecule has 17 heavy (non-hydrogen) atoms. The van der Waals surface area contributed by atoms with Gasteiger partial charge in [0, 0.05) is 11.6 Å². The first-order chi connectivity index (χ1) is 7.99. The van der Waals surface area contributed by atoms with Gasteiger partial charge in [0.25, 0.3) is 0 Å². The summed E-state index contributed by atoms with van der Waals surface area (Å²) in [6, 6.07) is 0.635. The van der Waals surface area contributed by atoms with Crippen LogP contribution in [0.15, 0.2) is 6.07 Å². The summed E-state index contributed by atoms with van der Waals surface area (Å²) in [7, 11) is 1.30. The standard InChI is InChI=1S/C12H15F2NO2/c1-12(4-3-5-15-12)9-10(16)7(13)6-8(14)11(9)17-2/h6,15-16H,3-5H2,1-2H3. The van der Waals surface area contributed by atoms with Gasteiger partial charge >= 0.3 is 0 Å². The summed E-state index contributed by atoms with van der Waals surface area (Å²) < 4.78 is 32.0. The minimum Gasteiger partial charge on any atom is -0.504 e. The van der Waals surface area contributed by atoms with Crippen LogP contribution in [-0.2, 0) is 5.54 Å². The van der Waals surface area contributed by atoms with Gasteiger partial charge in [0.05, 0.1) is 12.7 Å². The Bertz CT molecular complexity index is 443. The smallest absolute Gasteiger partial charge is 0.168 e. The molecule has 0 bridgehead atoms. The van der Waals surface area contributed by atoms with Gasteiger partial charge in [-0.05, 0) is 26.3 Å². The topological polar surface area (TPSA) is 41.5 Å². The molecule has 1 atom stereocenters. The quantitative estimate of drug-likeness (QED) is 0.837. The number of hydrogen-bond donors (Lipinski definition) is 2. The van der Waals surface area contributed by atoms with Gasteiger partial charge in [-0.3, -0.25) is 0 Å². The van der Waals surface area contributed by atoms with Gasteiger partial charge in [-0.25, -0.2) is 8.78 Å². The molecule has 0 amide bonds. The number of benzene rings is 1. The lowest BCUT2D eigenvalue weighted by Crippen LogP contribution is -2.34. The van der Waals surface area contributed by atoms with Crippen molar-refractivity contribution < 1.29 is 18.6 Å². The average molecular weight is 243 g/mol. The van der Waals surface area contributed by atoms with Crippen molar-refractivity contribution in [1.29, 1.82) is 0 Å². The molecule has 2 rings (SSSR count). The number of phenolic OH excluding ortho intramolecular Hbond substituents is 1. The first-order valence-corrected chi connectivity index (χ1v) is 5.50. The van der Waals surface area contributed by atoms with Crippen molar-refractivity contribution in [1.82, 2.24) is 5.32 Å². The summed E-state index contributed by atoms with van der Waals surface area (Å²) in [5.74, 6) is -2.40. The zero-order chi connectivity index (χ0) is 12.6. The number of halogens is 2. The highest BCUT2D eigenvalue weighted by molar-refractivity contribution is 5.50. The van der Waals surface area contributed by atoms with Gasteiger partial charge in [-0.1, -0.05) is 0 Å². The highest BCUT2D eigenvalue weighted by Crippen LogP contribution is 2.44. The van der Waals surface area contributed by atoms with Crippen molar-refractivity contribution >= 4 is 0 Å². The van der Waals surface area contributed by atoms with Crippen LogP contribution in [-0.4, -0.2) is 18.8 Å². The van der Waals surface area contributed by atoms with Crippen LogP contribution in [0.1, 0.15) is 25.3 Å². The van der Waals surface area contributed by atoms with Gasteiger partial charge in [0.1, 0.15) is 0 Å². The van der Waals surface area contributed by atoms with E-state index in [4.69, 9.17) is 4.74 Å². The Balaban J connectivity index is 2.65. The Hall–Kier alpha value is -1.36. The van der Waals surface area contributed by atoms with E-state index < -0.39 is 22.9 Å². The van der Waals surface area contributed by atoms with Crippen molar-refractivity contribution in [3.8, 4) is 11.5 Å². The summed E-state index contributed by atoms with van der Waals surface area (Å²) in [5, 5.41) is 12.9. The van der Waals surface area contributed by atoms with E-state index in [1.807, 2.05) is 0 Å². The fraction of sp³-hybridized carbons (Fsp3) is 0.500. The van der Waals surface area contributed by atoms with Crippen LogP contribution >= 0.6 is 0 Å². The normalized spacial score (nSPS) is 24.0. The molecule has 0 radical (unpaired) electrons. The second-order valence-electron chi connectivity index (χ2n) is 4.46. The predicted molar refractivity (Wildman–Crippen MR) is 59.2 cm³/mol. The highest BCUT2D eigenvalue weighted by Gasteiger charge is 2.37. The van der Waals surface area contributed by atoms with Gasteiger partial charge < -0.3 is 15.2 Å². The number of hydrogen-bond acceptors (Lipinski definition) is 3. The fourth-order valence-corrected chi connectivity index (χ4v) is 2.41. The molecule has 1 fully saturated rings. The molecular weight excluding hydrogens is 228 g/mol. The lowest BCUT2D eigenvalue weighted by molar-refractivity contribution is 0.324. The van der Waals surface area contributed by atoms with E-state index in [9.17, 15) is 13.9 Å². The number of methoxy groups -OCH3 is 1. The van der Waals surface area contributed by atoms with Crippen LogP contribution in [0, 0.1) is 11.6 Å². The SMILES string of the molecule is COc1c(F)cc(F)c(O)c1C1(C)CCCN1. The zero-order valence-electron chi connectivity index (χ0n) is 9.81. The average Bonchev–Trinajstić information content (AvgIpc) is 2.71. The Labute approximate surface area is 98.4 Å². The van der Waals surface area contributed by atoms with Gasteiger partial charge in [0.2, 0.25) is 0 Å². The van der Waals surface area contributed by atoms with Gasteiger partial charge in [-0.2, -0.15) is 0 Å². The summed E-state index contributed by atoms with van der Waals surface area (Å²) in [4.78, 5) is 0. The summed E-state index contributed by atoms with van der Waals surface area (Å²) >= 11 is 0. The Morgan fingerprint density at radius 2 is 2.12 bits per heavy atom. The van der Waals surface area contributed by atoms with Crippen molar-refractivity contribution in [2.75, 3.05) is 13.7 Å². The first-order valence-electron chi connectivity index (χ1n) is 5.50. The van der Waals surface area contributed by atoms with E-state index in [1.54, 1.807) is 6.92 Å². The number of nitrogens with one attached hydrogen (secondary N) is 1.